The van der Waals surface area contributed by atoms with Gasteiger partial charge in [0.25, 0.3) is 0 Å². The minimum Gasteiger partial charge on any atom is -0.359 e. The average Bonchev–Trinajstić information content (AvgIpc) is 3.24. The first-order valence-corrected chi connectivity index (χ1v) is 8.37. The Kier molecular flexibility index (Phi) is 3.70. The van der Waals surface area contributed by atoms with Crippen molar-refractivity contribution in [2.45, 2.75) is 13.5 Å². The van der Waals surface area contributed by atoms with E-state index in [1.165, 1.54) is 0 Å². The van der Waals surface area contributed by atoms with Crippen LogP contribution in [0.15, 0.2) is 46.6 Å². The Morgan fingerprint density at radius 2 is 2.17 bits per heavy atom. The summed E-state index contributed by atoms with van der Waals surface area (Å²) in [5, 5.41) is 7.22. The molecule has 0 N–H and O–H groups in total. The van der Waals surface area contributed by atoms with E-state index >= 15 is 0 Å². The predicted molar refractivity (Wildman–Crippen MR) is 94.0 cm³/mol. The van der Waals surface area contributed by atoms with Crippen LogP contribution in [0.1, 0.15) is 11.6 Å². The molecule has 0 saturated heterocycles. The maximum Gasteiger partial charge on any atom is 0.156 e. The van der Waals surface area contributed by atoms with Gasteiger partial charge >= 0.3 is 0 Å². The zero-order chi connectivity index (χ0) is 16.5. The number of hydrogen-bond donors (Lipinski definition) is 0. The van der Waals surface area contributed by atoms with Crippen molar-refractivity contribution in [3.05, 3.63) is 53.6 Å². The van der Waals surface area contributed by atoms with Crippen LogP contribution in [0.4, 0.5) is 5.82 Å². The van der Waals surface area contributed by atoms with Crippen LogP contribution in [0, 0.1) is 6.92 Å². The highest BCUT2D eigenvalue weighted by molar-refractivity contribution is 7.16. The minimum atomic E-state index is 0.578. The number of aromatic nitrogens is 4. The van der Waals surface area contributed by atoms with Gasteiger partial charge in [-0.3, -0.25) is 4.98 Å². The molecule has 120 valence electrons. The second kappa shape index (κ2) is 6.01. The van der Waals surface area contributed by atoms with Gasteiger partial charge in [0.2, 0.25) is 0 Å². The Labute approximate surface area is 142 Å². The maximum atomic E-state index is 5.47. The van der Waals surface area contributed by atoms with Gasteiger partial charge in [-0.2, -0.15) is 0 Å². The van der Waals surface area contributed by atoms with E-state index in [2.05, 4.69) is 25.0 Å². The average molecular weight is 337 g/mol. The summed E-state index contributed by atoms with van der Waals surface area (Å²) >= 11 is 1.62. The first kappa shape index (κ1) is 14.8. The molecule has 0 bridgehead atoms. The molecule has 0 saturated carbocycles. The van der Waals surface area contributed by atoms with Gasteiger partial charge in [-0.1, -0.05) is 5.16 Å². The van der Waals surface area contributed by atoms with Crippen LogP contribution >= 0.6 is 11.3 Å². The van der Waals surface area contributed by atoms with Gasteiger partial charge in [-0.05, 0) is 30.5 Å². The van der Waals surface area contributed by atoms with E-state index in [9.17, 15) is 0 Å². The third-order valence-electron chi connectivity index (χ3n) is 3.69. The molecular weight excluding hydrogens is 322 g/mol. The topological polar surface area (TPSA) is 67.9 Å². The second-order valence-electron chi connectivity index (χ2n) is 5.51. The van der Waals surface area contributed by atoms with Gasteiger partial charge < -0.3 is 9.42 Å². The Morgan fingerprint density at radius 3 is 3.00 bits per heavy atom. The molecule has 0 amide bonds. The Bertz CT molecular complexity index is 979. The number of fused-ring (bicyclic) bond motifs is 1. The van der Waals surface area contributed by atoms with Crippen LogP contribution in [0.5, 0.6) is 0 Å². The number of pyridine rings is 1. The summed E-state index contributed by atoms with van der Waals surface area (Å²) in [5.41, 5.74) is 1.72. The van der Waals surface area contributed by atoms with Gasteiger partial charge in [-0.25, -0.2) is 9.97 Å². The lowest BCUT2D eigenvalue weighted by atomic mass is 10.2. The van der Waals surface area contributed by atoms with Crippen LogP contribution < -0.4 is 4.90 Å². The van der Waals surface area contributed by atoms with Crippen LogP contribution in [-0.4, -0.2) is 27.2 Å². The highest BCUT2D eigenvalue weighted by Crippen LogP contribution is 2.28. The SMILES string of the molecule is Cc1nc(N(C)Cc2cc(-c3cccnc3)no2)c2ccsc2n1. The molecule has 4 aromatic rings. The summed E-state index contributed by atoms with van der Waals surface area (Å²) in [5.74, 6) is 2.44. The summed E-state index contributed by atoms with van der Waals surface area (Å²) in [6, 6.07) is 7.83. The molecule has 0 fully saturated rings. The fraction of sp³-hybridized carbons (Fsp3) is 0.176. The van der Waals surface area contributed by atoms with E-state index in [1.54, 1.807) is 23.7 Å². The lowest BCUT2D eigenvalue weighted by molar-refractivity contribution is 0.385. The summed E-state index contributed by atoms with van der Waals surface area (Å²) in [6.07, 6.45) is 3.51. The Hall–Kier alpha value is -2.80. The zero-order valence-electron chi connectivity index (χ0n) is 13.3. The molecule has 0 unspecified atom stereocenters. The number of thiophene rings is 1. The molecule has 0 spiro atoms. The molecule has 0 aromatic carbocycles. The molecule has 0 aliphatic heterocycles. The molecule has 4 rings (SSSR count). The Balaban J connectivity index is 1.61. The largest absolute Gasteiger partial charge is 0.359 e. The van der Waals surface area contributed by atoms with Crippen LogP contribution in [-0.2, 0) is 6.54 Å². The number of anilines is 1. The van der Waals surface area contributed by atoms with Crippen LogP contribution in [0.25, 0.3) is 21.5 Å². The molecule has 0 radical (unpaired) electrons. The second-order valence-corrected chi connectivity index (χ2v) is 6.40. The van der Waals surface area contributed by atoms with Gasteiger partial charge in [0.05, 0.1) is 11.9 Å². The zero-order valence-corrected chi connectivity index (χ0v) is 14.1. The summed E-state index contributed by atoms with van der Waals surface area (Å²) in [6.45, 7) is 2.49. The first-order chi connectivity index (χ1) is 11.7. The van der Waals surface area contributed by atoms with Crippen molar-refractivity contribution in [2.75, 3.05) is 11.9 Å². The molecule has 0 aliphatic carbocycles. The molecular formula is C17H15N5OS. The normalized spacial score (nSPS) is 11.1. The summed E-state index contributed by atoms with van der Waals surface area (Å²) in [7, 11) is 1.99. The molecule has 0 aliphatic rings. The highest BCUT2D eigenvalue weighted by Gasteiger charge is 2.14. The van der Waals surface area contributed by atoms with Crippen molar-refractivity contribution in [3.63, 3.8) is 0 Å². The monoisotopic (exact) mass is 337 g/mol. The number of hydrogen-bond acceptors (Lipinski definition) is 7. The quantitative estimate of drug-likeness (QED) is 0.566. The van der Waals surface area contributed by atoms with Gasteiger partial charge in [0.1, 0.15) is 22.2 Å². The van der Waals surface area contributed by atoms with Crippen LogP contribution in [0.3, 0.4) is 0 Å². The van der Waals surface area contributed by atoms with E-state index in [4.69, 9.17) is 4.52 Å². The lowest BCUT2D eigenvalue weighted by Gasteiger charge is -2.17. The molecule has 4 aromatic heterocycles. The highest BCUT2D eigenvalue weighted by atomic mass is 32.1. The van der Waals surface area contributed by atoms with E-state index in [-0.39, 0.29) is 0 Å². The standard InChI is InChI=1S/C17H15N5OS/c1-11-19-16(14-5-7-24-17(14)20-11)22(2)10-13-8-15(21-23-13)12-4-3-6-18-9-12/h3-9H,10H2,1-2H3. The maximum absolute atomic E-state index is 5.47. The number of nitrogens with zero attached hydrogens (tertiary/aromatic N) is 5. The van der Waals surface area contributed by atoms with E-state index in [1.807, 2.05) is 43.6 Å². The van der Waals surface area contributed by atoms with E-state index in [0.29, 0.717) is 6.54 Å². The van der Waals surface area contributed by atoms with Gasteiger partial charge in [-0.15, -0.1) is 11.3 Å². The molecule has 7 heteroatoms. The van der Waals surface area contributed by atoms with Crippen LogP contribution in [0.2, 0.25) is 0 Å². The lowest BCUT2D eigenvalue weighted by Crippen LogP contribution is -2.18. The summed E-state index contributed by atoms with van der Waals surface area (Å²) in [4.78, 5) is 16.2. The van der Waals surface area contributed by atoms with Gasteiger partial charge in [0, 0.05) is 31.1 Å². The molecule has 4 heterocycles. The van der Waals surface area contributed by atoms with E-state index < -0.39 is 0 Å². The molecule has 24 heavy (non-hydrogen) atoms. The van der Waals surface area contributed by atoms with Crippen molar-refractivity contribution >= 4 is 27.4 Å². The summed E-state index contributed by atoms with van der Waals surface area (Å²) < 4.78 is 5.47. The van der Waals surface area contributed by atoms with Crippen molar-refractivity contribution in [2.24, 2.45) is 0 Å². The van der Waals surface area contributed by atoms with Crippen molar-refractivity contribution in [1.29, 1.82) is 0 Å². The van der Waals surface area contributed by atoms with Crippen molar-refractivity contribution < 1.29 is 4.52 Å². The fourth-order valence-corrected chi connectivity index (χ4v) is 3.39. The Morgan fingerprint density at radius 1 is 1.25 bits per heavy atom. The smallest absolute Gasteiger partial charge is 0.156 e. The van der Waals surface area contributed by atoms with Crippen molar-refractivity contribution in [1.82, 2.24) is 20.1 Å². The van der Waals surface area contributed by atoms with E-state index in [0.717, 1.165) is 38.9 Å². The first-order valence-electron chi connectivity index (χ1n) is 7.49. The van der Waals surface area contributed by atoms with Crippen molar-refractivity contribution in [3.8, 4) is 11.3 Å². The molecule has 0 atom stereocenters. The predicted octanol–water partition coefficient (Wildman–Crippen LogP) is 3.69. The third kappa shape index (κ3) is 2.74. The minimum absolute atomic E-state index is 0.578. The third-order valence-corrected chi connectivity index (χ3v) is 4.49. The van der Waals surface area contributed by atoms with Gasteiger partial charge in [0.15, 0.2) is 5.76 Å². The number of aryl methyl sites for hydroxylation is 1. The molecule has 6 nitrogen and oxygen atoms in total. The number of rotatable bonds is 4. The fourth-order valence-electron chi connectivity index (χ4n) is 2.58.